The van der Waals surface area contributed by atoms with E-state index < -0.39 is 0 Å². The van der Waals surface area contributed by atoms with Gasteiger partial charge in [-0.1, -0.05) is 111 Å². The van der Waals surface area contributed by atoms with Gasteiger partial charge in [-0.2, -0.15) is 0 Å². The van der Waals surface area contributed by atoms with Crippen LogP contribution in [0.4, 0.5) is 34.1 Å². The summed E-state index contributed by atoms with van der Waals surface area (Å²) in [6.07, 6.45) is 13.5. The second kappa shape index (κ2) is 16.2. The molecule has 6 aliphatic carbocycles. The van der Waals surface area contributed by atoms with Crippen LogP contribution in [0.5, 0.6) is 0 Å². The highest BCUT2D eigenvalue weighted by Crippen LogP contribution is 2.50. The van der Waals surface area contributed by atoms with Crippen molar-refractivity contribution in [3.8, 4) is 22.3 Å². The molecule has 4 bridgehead atoms. The van der Waals surface area contributed by atoms with Crippen molar-refractivity contribution in [1.29, 1.82) is 0 Å². The Morgan fingerprint density at radius 1 is 0.300 bits per heavy atom. The number of halogens is 2. The Balaban J connectivity index is 0.997. The quantitative estimate of drug-likeness (QED) is 0.150. The van der Waals surface area contributed by atoms with E-state index in [4.69, 9.17) is 0 Å². The highest BCUT2D eigenvalue weighted by atomic mass is 79.9. The van der Waals surface area contributed by atoms with Crippen molar-refractivity contribution in [1.82, 2.24) is 0 Å². The second-order valence-electron chi connectivity index (χ2n) is 17.7. The summed E-state index contributed by atoms with van der Waals surface area (Å²) in [5.74, 6) is 2.89. The number of benzene rings is 7. The van der Waals surface area contributed by atoms with Gasteiger partial charge in [0.1, 0.15) is 0 Å². The molecule has 4 unspecified atom stereocenters. The molecule has 298 valence electrons. The van der Waals surface area contributed by atoms with E-state index in [0.29, 0.717) is 11.8 Å². The Bertz CT molecular complexity index is 2490. The number of hydrogen-bond acceptors (Lipinski definition) is 2. The van der Waals surface area contributed by atoms with Gasteiger partial charge in [0.2, 0.25) is 0 Å². The molecule has 2 saturated carbocycles. The SMILES string of the molecule is Brc1ccc(N(c2cccc(-c3ccc4c(c3)C3CCCC4CC3)c2)c2cccc(N(c3ccc(Br)cc3)c3cccc(-c4ccc5c(c4)C4CCCC5CC4)c3)c2)cc1. The number of rotatable bonds is 8. The first-order chi connectivity index (χ1) is 29.5. The molecule has 0 amide bonds. The molecular weight excluding hydrogens is 860 g/mol. The van der Waals surface area contributed by atoms with Crippen molar-refractivity contribution in [2.45, 2.75) is 87.9 Å². The fourth-order valence-electron chi connectivity index (χ4n) is 11.3. The molecule has 7 aromatic rings. The summed E-state index contributed by atoms with van der Waals surface area (Å²) in [7, 11) is 0. The Hall–Kier alpha value is -4.90. The molecule has 4 heteroatoms. The lowest BCUT2D eigenvalue weighted by Gasteiger charge is -2.30. The van der Waals surface area contributed by atoms with Crippen LogP contribution in [-0.2, 0) is 0 Å². The summed E-state index contributed by atoms with van der Waals surface area (Å²) < 4.78 is 2.13. The molecule has 0 N–H and O–H groups in total. The van der Waals surface area contributed by atoms with Crippen molar-refractivity contribution in [3.63, 3.8) is 0 Å². The molecular formula is C56H50Br2N2. The molecule has 0 aliphatic heterocycles. The van der Waals surface area contributed by atoms with Gasteiger partial charge in [0.15, 0.2) is 0 Å². The van der Waals surface area contributed by atoms with Gasteiger partial charge < -0.3 is 9.80 Å². The van der Waals surface area contributed by atoms with Crippen molar-refractivity contribution in [2.75, 3.05) is 9.80 Å². The highest BCUT2D eigenvalue weighted by Gasteiger charge is 2.32. The minimum absolute atomic E-state index is 0.705. The predicted octanol–water partition coefficient (Wildman–Crippen LogP) is 17.8. The molecule has 2 nitrogen and oxygen atoms in total. The zero-order valence-electron chi connectivity index (χ0n) is 34.0. The number of nitrogens with zero attached hydrogens (tertiary/aromatic N) is 2. The average molecular weight is 911 g/mol. The fraction of sp³-hybridized carbons (Fsp3) is 0.250. The van der Waals surface area contributed by atoms with E-state index in [-0.39, 0.29) is 0 Å². The van der Waals surface area contributed by atoms with Gasteiger partial charge in [0.25, 0.3) is 0 Å². The summed E-state index contributed by atoms with van der Waals surface area (Å²) >= 11 is 7.42. The average Bonchev–Trinajstić information content (AvgIpc) is 3.82. The van der Waals surface area contributed by atoms with Crippen LogP contribution in [0, 0.1) is 0 Å². The van der Waals surface area contributed by atoms with Crippen molar-refractivity contribution in [3.05, 3.63) is 189 Å². The molecule has 0 spiro atoms. The minimum Gasteiger partial charge on any atom is -0.310 e. The molecule has 0 radical (unpaired) electrons. The lowest BCUT2D eigenvalue weighted by Crippen LogP contribution is -2.13. The molecule has 2 fully saturated rings. The lowest BCUT2D eigenvalue weighted by molar-refractivity contribution is 0.527. The molecule has 7 aromatic carbocycles. The number of fused-ring (bicyclic) bond motifs is 6. The maximum absolute atomic E-state index is 3.71. The first kappa shape index (κ1) is 38.1. The lowest BCUT2D eigenvalue weighted by atomic mass is 9.77. The van der Waals surface area contributed by atoms with Crippen molar-refractivity contribution in [2.24, 2.45) is 0 Å². The molecule has 0 heterocycles. The zero-order chi connectivity index (χ0) is 40.2. The van der Waals surface area contributed by atoms with E-state index in [0.717, 1.165) is 54.9 Å². The third-order valence-electron chi connectivity index (χ3n) is 14.3. The second-order valence-corrected chi connectivity index (χ2v) is 19.6. The fourth-order valence-corrected chi connectivity index (χ4v) is 11.8. The Kier molecular flexibility index (Phi) is 10.3. The molecule has 6 aliphatic rings. The van der Waals surface area contributed by atoms with Crippen LogP contribution >= 0.6 is 31.9 Å². The normalized spacial score (nSPS) is 20.2. The number of anilines is 6. The third kappa shape index (κ3) is 7.24. The Morgan fingerprint density at radius 3 is 1.07 bits per heavy atom. The summed E-state index contributed by atoms with van der Waals surface area (Å²) in [5, 5.41) is 0. The van der Waals surface area contributed by atoms with Crippen LogP contribution < -0.4 is 9.80 Å². The molecule has 0 aromatic heterocycles. The summed E-state index contributed by atoms with van der Waals surface area (Å²) in [6.45, 7) is 0. The maximum Gasteiger partial charge on any atom is 0.0482 e. The monoisotopic (exact) mass is 908 g/mol. The van der Waals surface area contributed by atoms with E-state index in [2.05, 4.69) is 199 Å². The first-order valence-corrected chi connectivity index (χ1v) is 23.8. The smallest absolute Gasteiger partial charge is 0.0482 e. The Morgan fingerprint density at radius 2 is 0.650 bits per heavy atom. The van der Waals surface area contributed by atoms with Crippen LogP contribution in [0.25, 0.3) is 22.3 Å². The van der Waals surface area contributed by atoms with Crippen LogP contribution in [-0.4, -0.2) is 0 Å². The van der Waals surface area contributed by atoms with Crippen LogP contribution in [0.15, 0.2) is 167 Å². The maximum atomic E-state index is 3.71. The molecule has 13 rings (SSSR count). The zero-order valence-corrected chi connectivity index (χ0v) is 37.2. The van der Waals surface area contributed by atoms with Crippen molar-refractivity contribution >= 4 is 66.0 Å². The third-order valence-corrected chi connectivity index (χ3v) is 15.3. The van der Waals surface area contributed by atoms with Crippen molar-refractivity contribution < 1.29 is 0 Å². The Labute approximate surface area is 372 Å². The van der Waals surface area contributed by atoms with Gasteiger partial charge in [0, 0.05) is 43.1 Å². The van der Waals surface area contributed by atoms with Gasteiger partial charge >= 0.3 is 0 Å². The summed E-state index contributed by atoms with van der Waals surface area (Å²) in [5.41, 5.74) is 18.3. The molecule has 60 heavy (non-hydrogen) atoms. The summed E-state index contributed by atoms with van der Waals surface area (Å²) in [4.78, 5) is 4.81. The number of hydrogen-bond donors (Lipinski definition) is 0. The van der Waals surface area contributed by atoms with Gasteiger partial charge in [-0.15, -0.1) is 0 Å². The van der Waals surface area contributed by atoms with Crippen LogP contribution in [0.1, 0.15) is 110 Å². The predicted molar refractivity (Wildman–Crippen MR) is 259 cm³/mol. The van der Waals surface area contributed by atoms with E-state index in [1.165, 1.54) is 86.5 Å². The topological polar surface area (TPSA) is 6.48 Å². The van der Waals surface area contributed by atoms with Crippen LogP contribution in [0.2, 0.25) is 0 Å². The van der Waals surface area contributed by atoms with Gasteiger partial charge in [-0.25, -0.2) is 0 Å². The molecule has 0 saturated heterocycles. The van der Waals surface area contributed by atoms with Gasteiger partial charge in [0.05, 0.1) is 0 Å². The van der Waals surface area contributed by atoms with Gasteiger partial charge in [-0.3, -0.25) is 0 Å². The van der Waals surface area contributed by atoms with Gasteiger partial charge in [-0.05, 0) is 211 Å². The standard InChI is InChI=1S/C56H50Br2N2/c57-45-22-26-47(27-23-45)59(49-12-3-10-41(32-49)43-20-30-53-37-6-1-8-39(18-16-37)55(53)34-43)51-14-5-15-52(36-51)60(48-28-24-46(58)25-29-48)50-13-4-11-42(33-50)44-21-31-54-38-7-2-9-40(19-17-38)56(54)35-44/h3-5,10-15,20-40H,1-2,6-9,16-19H2. The van der Waals surface area contributed by atoms with E-state index in [9.17, 15) is 0 Å². The van der Waals surface area contributed by atoms with E-state index in [1.54, 1.807) is 22.3 Å². The van der Waals surface area contributed by atoms with E-state index in [1.807, 2.05) is 0 Å². The van der Waals surface area contributed by atoms with Crippen LogP contribution in [0.3, 0.4) is 0 Å². The highest BCUT2D eigenvalue weighted by molar-refractivity contribution is 9.10. The molecule has 4 atom stereocenters. The minimum atomic E-state index is 0.705. The summed E-state index contributed by atoms with van der Waals surface area (Å²) in [6, 6.07) is 59.5. The van der Waals surface area contributed by atoms with E-state index >= 15 is 0 Å². The first-order valence-electron chi connectivity index (χ1n) is 22.2. The largest absolute Gasteiger partial charge is 0.310 e.